The highest BCUT2D eigenvalue weighted by Gasteiger charge is 2.44. The quantitative estimate of drug-likeness (QED) is 0.411. The number of H-pyrrole nitrogens is 1. The number of carbonyl (C=O) groups is 1. The predicted octanol–water partition coefficient (Wildman–Crippen LogP) is 5.13. The van der Waals surface area contributed by atoms with E-state index in [0.29, 0.717) is 29.6 Å². The molecule has 0 aliphatic carbocycles. The standard InChI is InChI=1S/C28H24FN3O2/c1-28(2)25(16-33)32(11-10-17-6-4-3-5-7-17)24-13-18(27(30)34)12-21(26(24)28)22-15-31-23-9-8-19(29)14-20(22)23/h3-9,12-15,31H,10-11H2,1-2H3,(H2,30,34). The van der Waals surface area contributed by atoms with Crippen LogP contribution in [0.25, 0.3) is 22.0 Å². The van der Waals surface area contributed by atoms with E-state index in [0.717, 1.165) is 33.5 Å². The van der Waals surface area contributed by atoms with Crippen LogP contribution in [0.15, 0.2) is 72.6 Å². The number of aromatic amines is 1. The second-order valence-electron chi connectivity index (χ2n) is 9.14. The first-order valence-electron chi connectivity index (χ1n) is 11.1. The zero-order chi connectivity index (χ0) is 24.0. The lowest BCUT2D eigenvalue weighted by Crippen LogP contribution is -2.28. The Bertz CT molecular complexity index is 1480. The number of hydrogen-bond donors (Lipinski definition) is 2. The van der Waals surface area contributed by atoms with Crippen LogP contribution in [0.1, 0.15) is 35.3 Å². The molecule has 1 aliphatic heterocycles. The minimum atomic E-state index is -0.684. The number of aromatic nitrogens is 1. The molecule has 2 heterocycles. The van der Waals surface area contributed by atoms with Gasteiger partial charge in [0.05, 0.1) is 0 Å². The molecule has 5 rings (SSSR count). The molecule has 34 heavy (non-hydrogen) atoms. The summed E-state index contributed by atoms with van der Waals surface area (Å²) in [7, 11) is 0. The number of anilines is 1. The van der Waals surface area contributed by atoms with Gasteiger partial charge >= 0.3 is 0 Å². The van der Waals surface area contributed by atoms with Gasteiger partial charge in [-0.3, -0.25) is 4.79 Å². The largest absolute Gasteiger partial charge is 0.366 e. The van der Waals surface area contributed by atoms with Crippen LogP contribution < -0.4 is 10.6 Å². The van der Waals surface area contributed by atoms with E-state index in [1.807, 2.05) is 49.1 Å². The molecular weight excluding hydrogens is 429 g/mol. The fourth-order valence-corrected chi connectivity index (χ4v) is 5.04. The van der Waals surface area contributed by atoms with Crippen LogP contribution in [-0.4, -0.2) is 23.4 Å². The summed E-state index contributed by atoms with van der Waals surface area (Å²) in [6.45, 7) is 4.48. The summed E-state index contributed by atoms with van der Waals surface area (Å²) >= 11 is 0. The number of nitrogens with zero attached hydrogens (tertiary/aromatic N) is 1. The zero-order valence-electron chi connectivity index (χ0n) is 19.0. The van der Waals surface area contributed by atoms with E-state index in [4.69, 9.17) is 5.73 Å². The van der Waals surface area contributed by atoms with Crippen molar-refractivity contribution in [1.82, 2.24) is 4.98 Å². The fraction of sp³-hybridized carbons (Fsp3) is 0.179. The van der Waals surface area contributed by atoms with Crippen LogP contribution in [0, 0.1) is 5.82 Å². The summed E-state index contributed by atoms with van der Waals surface area (Å²) in [4.78, 5) is 29.6. The number of primary amides is 1. The number of carbonyl (C=O) groups excluding carboxylic acids is 2. The smallest absolute Gasteiger partial charge is 0.248 e. The maximum absolute atomic E-state index is 14.1. The summed E-state index contributed by atoms with van der Waals surface area (Å²) in [6, 6.07) is 18.0. The Labute approximate surface area is 196 Å². The number of fused-ring (bicyclic) bond motifs is 2. The molecule has 4 aromatic rings. The molecular formula is C28H24FN3O2. The van der Waals surface area contributed by atoms with Crippen molar-refractivity contribution in [2.75, 3.05) is 11.4 Å². The molecule has 1 amide bonds. The Kier molecular flexibility index (Phi) is 5.11. The number of halogens is 1. The van der Waals surface area contributed by atoms with Crippen LogP contribution in [-0.2, 0) is 16.6 Å². The lowest BCUT2D eigenvalue weighted by atomic mass is 9.79. The summed E-state index contributed by atoms with van der Waals surface area (Å²) < 4.78 is 14.1. The monoisotopic (exact) mass is 453 g/mol. The molecule has 170 valence electrons. The third kappa shape index (κ3) is 3.40. The first-order valence-corrected chi connectivity index (χ1v) is 11.1. The first kappa shape index (κ1) is 21.7. The highest BCUT2D eigenvalue weighted by atomic mass is 19.1. The van der Waals surface area contributed by atoms with Crippen molar-refractivity contribution in [3.63, 3.8) is 0 Å². The van der Waals surface area contributed by atoms with E-state index < -0.39 is 11.3 Å². The van der Waals surface area contributed by atoms with Crippen molar-refractivity contribution in [3.05, 3.63) is 95.1 Å². The molecule has 3 N–H and O–H groups in total. The number of allylic oxidation sites excluding steroid dienone is 1. The Hall–Kier alpha value is -4.15. The van der Waals surface area contributed by atoms with Crippen molar-refractivity contribution in [3.8, 4) is 11.1 Å². The molecule has 0 unspecified atom stereocenters. The second kappa shape index (κ2) is 8.01. The van der Waals surface area contributed by atoms with Gasteiger partial charge in [0.25, 0.3) is 0 Å². The van der Waals surface area contributed by atoms with E-state index in [9.17, 15) is 14.0 Å². The van der Waals surface area contributed by atoms with E-state index in [1.54, 1.807) is 24.4 Å². The van der Waals surface area contributed by atoms with Crippen LogP contribution >= 0.6 is 0 Å². The van der Waals surface area contributed by atoms with Crippen molar-refractivity contribution in [2.45, 2.75) is 25.7 Å². The zero-order valence-corrected chi connectivity index (χ0v) is 19.0. The minimum absolute atomic E-state index is 0.326. The Morgan fingerprint density at radius 1 is 1.09 bits per heavy atom. The molecule has 3 aromatic carbocycles. The number of rotatable bonds is 5. The van der Waals surface area contributed by atoms with Crippen LogP contribution in [0.5, 0.6) is 0 Å². The molecule has 1 aliphatic rings. The minimum Gasteiger partial charge on any atom is -0.366 e. The second-order valence-corrected chi connectivity index (χ2v) is 9.14. The molecule has 5 nitrogen and oxygen atoms in total. The number of hydrogen-bond acceptors (Lipinski definition) is 3. The molecule has 0 spiro atoms. The van der Waals surface area contributed by atoms with Gasteiger partial charge < -0.3 is 15.6 Å². The molecule has 1 aromatic heterocycles. The normalized spacial score (nSPS) is 14.3. The van der Waals surface area contributed by atoms with E-state index >= 15 is 0 Å². The van der Waals surface area contributed by atoms with Gasteiger partial charge in [-0.05, 0) is 67.3 Å². The Balaban J connectivity index is 1.73. The fourth-order valence-electron chi connectivity index (χ4n) is 5.04. The van der Waals surface area contributed by atoms with Gasteiger partial charge in [-0.15, -0.1) is 0 Å². The molecule has 0 fully saturated rings. The SMILES string of the molecule is CC1(C)C(=C=O)N(CCc2ccccc2)c2cc(C(N)=O)cc(-c3c[nH]c4ccc(F)cc34)c21. The summed E-state index contributed by atoms with van der Waals surface area (Å²) in [5, 5.41) is 0.694. The first-order chi connectivity index (χ1) is 16.3. The Morgan fingerprint density at radius 3 is 2.56 bits per heavy atom. The maximum Gasteiger partial charge on any atom is 0.248 e. The highest BCUT2D eigenvalue weighted by Crippen LogP contribution is 2.52. The molecule has 0 atom stereocenters. The van der Waals surface area contributed by atoms with Crippen LogP contribution in [0.2, 0.25) is 0 Å². The lowest BCUT2D eigenvalue weighted by Gasteiger charge is -2.24. The van der Waals surface area contributed by atoms with Gasteiger partial charge in [0, 0.05) is 45.9 Å². The third-order valence-electron chi connectivity index (χ3n) is 6.68. The average molecular weight is 454 g/mol. The lowest BCUT2D eigenvalue weighted by molar-refractivity contribution is 0.100. The van der Waals surface area contributed by atoms with E-state index in [1.165, 1.54) is 12.1 Å². The van der Waals surface area contributed by atoms with Crippen LogP contribution in [0.4, 0.5) is 10.1 Å². The third-order valence-corrected chi connectivity index (χ3v) is 6.68. The predicted molar refractivity (Wildman–Crippen MR) is 132 cm³/mol. The summed E-state index contributed by atoms with van der Waals surface area (Å²) in [6.07, 6.45) is 2.51. The summed E-state index contributed by atoms with van der Waals surface area (Å²) in [5.41, 5.74) is 10.9. The number of benzene rings is 3. The van der Waals surface area contributed by atoms with E-state index in [2.05, 4.69) is 10.9 Å². The van der Waals surface area contributed by atoms with Gasteiger partial charge in [-0.25, -0.2) is 9.18 Å². The number of amides is 1. The van der Waals surface area contributed by atoms with Gasteiger partial charge in [-0.1, -0.05) is 30.3 Å². The topological polar surface area (TPSA) is 79.2 Å². The Morgan fingerprint density at radius 2 is 1.85 bits per heavy atom. The van der Waals surface area contributed by atoms with Gasteiger partial charge in [0.2, 0.25) is 5.91 Å². The number of nitrogens with one attached hydrogen (secondary N) is 1. The van der Waals surface area contributed by atoms with Crippen molar-refractivity contribution < 1.29 is 14.0 Å². The summed E-state index contributed by atoms with van der Waals surface area (Å²) in [5.74, 6) is 1.24. The van der Waals surface area contributed by atoms with Gasteiger partial charge in [0.15, 0.2) is 0 Å². The maximum atomic E-state index is 14.1. The van der Waals surface area contributed by atoms with Crippen molar-refractivity contribution in [1.29, 1.82) is 0 Å². The molecule has 6 heteroatoms. The van der Waals surface area contributed by atoms with Crippen molar-refractivity contribution in [2.24, 2.45) is 5.73 Å². The molecule has 0 bridgehead atoms. The number of nitrogens with two attached hydrogens (primary N) is 1. The molecule has 0 radical (unpaired) electrons. The van der Waals surface area contributed by atoms with Crippen molar-refractivity contribution >= 4 is 28.4 Å². The van der Waals surface area contributed by atoms with Gasteiger partial charge in [-0.2, -0.15) is 0 Å². The molecule has 0 saturated carbocycles. The average Bonchev–Trinajstić information content (AvgIpc) is 3.33. The highest BCUT2D eigenvalue weighted by molar-refractivity contribution is 6.03. The molecule has 0 saturated heterocycles. The van der Waals surface area contributed by atoms with Gasteiger partial charge in [0.1, 0.15) is 17.5 Å². The van der Waals surface area contributed by atoms with Crippen LogP contribution in [0.3, 0.4) is 0 Å². The van der Waals surface area contributed by atoms with E-state index in [-0.39, 0.29) is 5.82 Å².